The molecule has 1 N–H and O–H groups in total. The molecule has 0 aliphatic carbocycles. The summed E-state index contributed by atoms with van der Waals surface area (Å²) in [5.74, 6) is -0.0264. The largest absolute Gasteiger partial charge is 0.302 e. The molecule has 0 unspecified atom stereocenters. The Morgan fingerprint density at radius 3 is 2.74 bits per heavy atom. The van der Waals surface area contributed by atoms with Gasteiger partial charge in [-0.05, 0) is 36.1 Å². The summed E-state index contributed by atoms with van der Waals surface area (Å²) in [7, 11) is 0. The number of carbonyl (C=O) groups excluding carboxylic acids is 1. The fourth-order valence-electron chi connectivity index (χ4n) is 2.50. The lowest BCUT2D eigenvalue weighted by atomic mass is 10.1. The van der Waals surface area contributed by atoms with Crippen LogP contribution in [0, 0.1) is 0 Å². The minimum atomic E-state index is -0.0264. The number of carbonyl (C=O) groups is 1. The first-order valence-corrected chi connectivity index (χ1v) is 8.79. The summed E-state index contributed by atoms with van der Waals surface area (Å²) < 4.78 is 1.13. The molecule has 0 saturated heterocycles. The lowest BCUT2D eigenvalue weighted by Crippen LogP contribution is -2.13. The molecule has 1 heterocycles. The van der Waals surface area contributed by atoms with Crippen LogP contribution in [0.3, 0.4) is 0 Å². The number of nitrogens with one attached hydrogen (secondary N) is 1. The average Bonchev–Trinajstić information content (AvgIpc) is 2.95. The van der Waals surface area contributed by atoms with E-state index in [2.05, 4.69) is 29.4 Å². The number of rotatable bonds is 6. The van der Waals surface area contributed by atoms with Crippen LogP contribution in [0.4, 0.5) is 5.13 Å². The zero-order valence-corrected chi connectivity index (χ0v) is 14.0. The van der Waals surface area contributed by atoms with Gasteiger partial charge in [-0.2, -0.15) is 0 Å². The Morgan fingerprint density at radius 1 is 1.13 bits per heavy atom. The van der Waals surface area contributed by atoms with Crippen LogP contribution >= 0.6 is 11.3 Å². The van der Waals surface area contributed by atoms with E-state index in [1.165, 1.54) is 18.4 Å². The molecular formula is C19H20N2OS. The normalized spacial score (nSPS) is 10.8. The highest BCUT2D eigenvalue weighted by atomic mass is 32.1. The first-order chi connectivity index (χ1) is 11.2. The van der Waals surface area contributed by atoms with Crippen LogP contribution in [0.5, 0.6) is 0 Å². The molecule has 2 aromatic carbocycles. The number of benzene rings is 2. The Labute approximate surface area is 140 Å². The highest BCUT2D eigenvalue weighted by Gasteiger charge is 2.09. The maximum atomic E-state index is 12.1. The fourth-order valence-corrected chi connectivity index (χ4v) is 3.45. The Bertz CT molecular complexity index is 795. The maximum Gasteiger partial charge on any atom is 0.230 e. The van der Waals surface area contributed by atoms with Crippen LogP contribution in [0.1, 0.15) is 30.9 Å². The molecule has 3 rings (SSSR count). The highest BCUT2D eigenvalue weighted by molar-refractivity contribution is 7.22. The van der Waals surface area contributed by atoms with E-state index in [9.17, 15) is 4.79 Å². The van der Waals surface area contributed by atoms with Gasteiger partial charge in [0.15, 0.2) is 5.13 Å². The topological polar surface area (TPSA) is 42.0 Å². The van der Waals surface area contributed by atoms with Crippen molar-refractivity contribution in [2.45, 2.75) is 32.6 Å². The summed E-state index contributed by atoms with van der Waals surface area (Å²) in [6.45, 7) is 2.20. The predicted molar refractivity (Wildman–Crippen MR) is 97.0 cm³/mol. The summed E-state index contributed by atoms with van der Waals surface area (Å²) in [5.41, 5.74) is 3.29. The van der Waals surface area contributed by atoms with Crippen molar-refractivity contribution >= 4 is 32.6 Å². The van der Waals surface area contributed by atoms with Gasteiger partial charge in [0.2, 0.25) is 5.91 Å². The Balaban J connectivity index is 1.69. The van der Waals surface area contributed by atoms with Gasteiger partial charge in [0, 0.05) is 0 Å². The summed E-state index contributed by atoms with van der Waals surface area (Å²) in [4.78, 5) is 16.6. The lowest BCUT2D eigenvalue weighted by molar-refractivity contribution is -0.115. The van der Waals surface area contributed by atoms with Crippen molar-refractivity contribution in [3.8, 4) is 0 Å². The molecule has 3 aromatic rings. The van der Waals surface area contributed by atoms with Gasteiger partial charge in [0.05, 0.1) is 16.6 Å². The number of hydrogen-bond donors (Lipinski definition) is 1. The number of aromatic nitrogens is 1. The summed E-state index contributed by atoms with van der Waals surface area (Å²) >= 11 is 1.54. The van der Waals surface area contributed by atoms with E-state index in [0.717, 1.165) is 22.2 Å². The van der Waals surface area contributed by atoms with E-state index in [-0.39, 0.29) is 5.91 Å². The minimum absolute atomic E-state index is 0.0264. The second-order valence-electron chi connectivity index (χ2n) is 5.64. The van der Waals surface area contributed by atoms with Crippen molar-refractivity contribution in [3.05, 3.63) is 59.7 Å². The van der Waals surface area contributed by atoms with E-state index in [4.69, 9.17) is 0 Å². The van der Waals surface area contributed by atoms with E-state index in [1.54, 1.807) is 11.3 Å². The molecule has 3 nitrogen and oxygen atoms in total. The zero-order valence-electron chi connectivity index (χ0n) is 13.2. The minimum Gasteiger partial charge on any atom is -0.302 e. The molecule has 0 radical (unpaired) electrons. The van der Waals surface area contributed by atoms with Crippen molar-refractivity contribution in [2.24, 2.45) is 0 Å². The SMILES string of the molecule is CCCCc1ccc2nc(NC(=O)Cc3ccccc3)sc2c1. The van der Waals surface area contributed by atoms with Crippen LogP contribution < -0.4 is 5.32 Å². The highest BCUT2D eigenvalue weighted by Crippen LogP contribution is 2.27. The van der Waals surface area contributed by atoms with Crippen LogP contribution in [-0.4, -0.2) is 10.9 Å². The molecule has 0 bridgehead atoms. The molecule has 0 aliphatic heterocycles. The van der Waals surface area contributed by atoms with Crippen LogP contribution in [0.15, 0.2) is 48.5 Å². The van der Waals surface area contributed by atoms with Gasteiger partial charge in [-0.3, -0.25) is 4.79 Å². The second kappa shape index (κ2) is 7.38. The number of anilines is 1. The molecule has 1 aromatic heterocycles. The number of fused-ring (bicyclic) bond motifs is 1. The summed E-state index contributed by atoms with van der Waals surface area (Å²) in [6.07, 6.45) is 3.87. The van der Waals surface area contributed by atoms with Crippen LogP contribution in [0.25, 0.3) is 10.2 Å². The molecule has 4 heteroatoms. The monoisotopic (exact) mass is 324 g/mol. The van der Waals surface area contributed by atoms with E-state index < -0.39 is 0 Å². The number of nitrogens with zero attached hydrogens (tertiary/aromatic N) is 1. The van der Waals surface area contributed by atoms with Crippen LogP contribution in [0.2, 0.25) is 0 Å². The quantitative estimate of drug-likeness (QED) is 0.706. The Morgan fingerprint density at radius 2 is 1.96 bits per heavy atom. The van der Waals surface area contributed by atoms with Gasteiger partial charge >= 0.3 is 0 Å². The molecule has 23 heavy (non-hydrogen) atoms. The van der Waals surface area contributed by atoms with Gasteiger partial charge in [-0.25, -0.2) is 4.98 Å². The van der Waals surface area contributed by atoms with Crippen molar-refractivity contribution in [1.29, 1.82) is 0 Å². The molecule has 0 spiro atoms. The second-order valence-corrected chi connectivity index (χ2v) is 6.67. The van der Waals surface area contributed by atoms with Gasteiger partial charge in [-0.1, -0.05) is 61.1 Å². The third-order valence-electron chi connectivity index (χ3n) is 3.73. The molecule has 0 fully saturated rings. The zero-order chi connectivity index (χ0) is 16.1. The van der Waals surface area contributed by atoms with Crippen molar-refractivity contribution < 1.29 is 4.79 Å². The van der Waals surface area contributed by atoms with E-state index >= 15 is 0 Å². The summed E-state index contributed by atoms with van der Waals surface area (Å²) in [5, 5.41) is 3.59. The number of hydrogen-bond acceptors (Lipinski definition) is 3. The van der Waals surface area contributed by atoms with Gasteiger partial charge in [-0.15, -0.1) is 0 Å². The van der Waals surface area contributed by atoms with Crippen LogP contribution in [-0.2, 0) is 17.6 Å². The predicted octanol–water partition coefficient (Wildman–Crippen LogP) is 4.82. The molecule has 0 saturated carbocycles. The summed E-state index contributed by atoms with van der Waals surface area (Å²) in [6, 6.07) is 16.1. The molecule has 0 aliphatic rings. The van der Waals surface area contributed by atoms with Gasteiger partial charge < -0.3 is 5.32 Å². The number of aryl methyl sites for hydroxylation is 1. The third kappa shape index (κ3) is 4.17. The molecule has 0 atom stereocenters. The van der Waals surface area contributed by atoms with Gasteiger partial charge in [0.25, 0.3) is 0 Å². The van der Waals surface area contributed by atoms with E-state index in [0.29, 0.717) is 11.6 Å². The molecular weight excluding hydrogens is 304 g/mol. The van der Waals surface area contributed by atoms with Crippen molar-refractivity contribution in [3.63, 3.8) is 0 Å². The first-order valence-electron chi connectivity index (χ1n) is 7.98. The number of unbranched alkanes of at least 4 members (excludes halogenated alkanes) is 1. The smallest absolute Gasteiger partial charge is 0.230 e. The Kier molecular flexibility index (Phi) is 5.03. The molecule has 1 amide bonds. The average molecular weight is 324 g/mol. The van der Waals surface area contributed by atoms with Gasteiger partial charge in [0.1, 0.15) is 0 Å². The third-order valence-corrected chi connectivity index (χ3v) is 4.66. The first kappa shape index (κ1) is 15.7. The van der Waals surface area contributed by atoms with E-state index in [1.807, 2.05) is 36.4 Å². The Hall–Kier alpha value is -2.20. The standard InChI is InChI=1S/C19H20N2OS/c1-2-3-7-15-10-11-16-17(12-15)23-19(20-16)21-18(22)13-14-8-5-4-6-9-14/h4-6,8-12H,2-3,7,13H2,1H3,(H,20,21,22). The van der Waals surface area contributed by atoms with Crippen molar-refractivity contribution in [2.75, 3.05) is 5.32 Å². The number of amides is 1. The van der Waals surface area contributed by atoms with Crippen molar-refractivity contribution in [1.82, 2.24) is 4.98 Å². The fraction of sp³-hybridized carbons (Fsp3) is 0.263. The molecule has 118 valence electrons. The maximum absolute atomic E-state index is 12.1. The lowest BCUT2D eigenvalue weighted by Gasteiger charge is -2.01. The number of thiazole rings is 1.